The summed E-state index contributed by atoms with van der Waals surface area (Å²) < 4.78 is 0. The molecule has 2 fully saturated rings. The van der Waals surface area contributed by atoms with Crippen molar-refractivity contribution in [2.75, 3.05) is 18.0 Å². The molecule has 2 aliphatic rings. The van der Waals surface area contributed by atoms with Gasteiger partial charge in [0.25, 0.3) is 5.91 Å². The lowest BCUT2D eigenvalue weighted by Crippen LogP contribution is -2.36. The summed E-state index contributed by atoms with van der Waals surface area (Å²) in [5, 5.41) is 3.11. The first-order valence-corrected chi connectivity index (χ1v) is 10.2. The first-order valence-electron chi connectivity index (χ1n) is 10.2. The van der Waals surface area contributed by atoms with Gasteiger partial charge in [0.1, 0.15) is 17.8 Å². The second-order valence-electron chi connectivity index (χ2n) is 7.84. The lowest BCUT2D eigenvalue weighted by atomic mass is 9.90. The van der Waals surface area contributed by atoms with Gasteiger partial charge in [-0.15, -0.1) is 0 Å². The van der Waals surface area contributed by atoms with Gasteiger partial charge in [-0.05, 0) is 43.6 Å². The zero-order valence-electron chi connectivity index (χ0n) is 15.8. The van der Waals surface area contributed by atoms with Crippen molar-refractivity contribution in [3.05, 3.63) is 54.0 Å². The number of nitrogens with one attached hydrogen (secondary N) is 1. The van der Waals surface area contributed by atoms with Crippen LogP contribution in [0.2, 0.25) is 0 Å². The Bertz CT molecular complexity index is 750. The first-order chi connectivity index (χ1) is 13.3. The van der Waals surface area contributed by atoms with Crippen LogP contribution in [0.25, 0.3) is 0 Å². The number of aromatic nitrogens is 2. The van der Waals surface area contributed by atoms with E-state index in [9.17, 15) is 4.79 Å². The van der Waals surface area contributed by atoms with Crippen molar-refractivity contribution in [2.24, 2.45) is 5.92 Å². The average molecular weight is 364 g/mol. The zero-order chi connectivity index (χ0) is 18.5. The second kappa shape index (κ2) is 8.51. The van der Waals surface area contributed by atoms with Crippen LogP contribution in [0, 0.1) is 5.92 Å². The van der Waals surface area contributed by atoms with Gasteiger partial charge in [-0.2, -0.15) is 0 Å². The highest BCUT2D eigenvalue weighted by Crippen LogP contribution is 2.25. The van der Waals surface area contributed by atoms with Crippen molar-refractivity contribution in [2.45, 2.75) is 51.0 Å². The van der Waals surface area contributed by atoms with Gasteiger partial charge in [0.15, 0.2) is 0 Å². The number of anilines is 1. The van der Waals surface area contributed by atoms with Gasteiger partial charge in [-0.1, -0.05) is 43.2 Å². The Hall–Kier alpha value is -2.43. The summed E-state index contributed by atoms with van der Waals surface area (Å²) >= 11 is 0. The minimum Gasteiger partial charge on any atom is -0.356 e. The maximum atomic E-state index is 12.5. The molecule has 1 saturated carbocycles. The number of carbonyl (C=O) groups is 1. The van der Waals surface area contributed by atoms with Crippen LogP contribution in [0.4, 0.5) is 5.82 Å². The monoisotopic (exact) mass is 364 g/mol. The molecule has 1 aliphatic heterocycles. The van der Waals surface area contributed by atoms with Gasteiger partial charge < -0.3 is 10.2 Å². The van der Waals surface area contributed by atoms with Crippen molar-refractivity contribution in [3.8, 4) is 0 Å². The molecular formula is C22H28N4O. The Kier molecular flexibility index (Phi) is 5.66. The second-order valence-corrected chi connectivity index (χ2v) is 7.84. The predicted molar refractivity (Wildman–Crippen MR) is 107 cm³/mol. The van der Waals surface area contributed by atoms with Crippen LogP contribution in [0.3, 0.4) is 0 Å². The van der Waals surface area contributed by atoms with Gasteiger partial charge in [0.05, 0.1) is 0 Å². The maximum Gasteiger partial charge on any atom is 0.270 e. The van der Waals surface area contributed by atoms with Gasteiger partial charge in [-0.3, -0.25) is 4.79 Å². The van der Waals surface area contributed by atoms with E-state index in [0.717, 1.165) is 56.9 Å². The smallest absolute Gasteiger partial charge is 0.270 e. The summed E-state index contributed by atoms with van der Waals surface area (Å²) in [6.45, 7) is 1.97. The molecule has 0 unspecified atom stereocenters. The summed E-state index contributed by atoms with van der Waals surface area (Å²) in [6, 6.07) is 12.9. The normalized spacial score (nSPS) is 18.6. The molecule has 0 bridgehead atoms. The minimum atomic E-state index is -0.0653. The van der Waals surface area contributed by atoms with E-state index in [1.54, 1.807) is 0 Å². The molecule has 2 aromatic rings. The fourth-order valence-corrected chi connectivity index (χ4v) is 4.29. The van der Waals surface area contributed by atoms with Crippen LogP contribution in [-0.4, -0.2) is 35.0 Å². The Morgan fingerprint density at radius 3 is 2.52 bits per heavy atom. The van der Waals surface area contributed by atoms with Crippen molar-refractivity contribution < 1.29 is 4.79 Å². The van der Waals surface area contributed by atoms with Crippen LogP contribution in [0.5, 0.6) is 0 Å². The molecule has 142 valence electrons. The maximum absolute atomic E-state index is 12.5. The van der Waals surface area contributed by atoms with E-state index < -0.39 is 0 Å². The van der Waals surface area contributed by atoms with Crippen molar-refractivity contribution >= 4 is 11.7 Å². The summed E-state index contributed by atoms with van der Waals surface area (Å²) in [5.41, 5.74) is 1.90. The van der Waals surface area contributed by atoms with E-state index in [1.807, 2.05) is 6.07 Å². The molecule has 0 atom stereocenters. The topological polar surface area (TPSA) is 58.1 Å². The number of nitrogens with zero attached hydrogens (tertiary/aromatic N) is 3. The number of hydrogen-bond donors (Lipinski definition) is 1. The Labute approximate surface area is 161 Å². The summed E-state index contributed by atoms with van der Waals surface area (Å²) in [4.78, 5) is 23.4. The minimum absolute atomic E-state index is 0.0653. The summed E-state index contributed by atoms with van der Waals surface area (Å²) in [7, 11) is 0. The third kappa shape index (κ3) is 4.65. The van der Waals surface area contributed by atoms with E-state index in [1.165, 1.54) is 24.7 Å². The highest BCUT2D eigenvalue weighted by Gasteiger charge is 2.22. The number of rotatable bonds is 5. The van der Waals surface area contributed by atoms with Gasteiger partial charge in [-0.25, -0.2) is 9.97 Å². The predicted octanol–water partition coefficient (Wildman–Crippen LogP) is 3.61. The molecule has 1 N–H and O–H groups in total. The first kappa shape index (κ1) is 18.0. The third-order valence-electron chi connectivity index (χ3n) is 5.88. The third-order valence-corrected chi connectivity index (χ3v) is 5.88. The molecule has 1 aliphatic carbocycles. The zero-order valence-corrected chi connectivity index (χ0v) is 15.8. The van der Waals surface area contributed by atoms with Crippen molar-refractivity contribution in [1.82, 2.24) is 15.3 Å². The number of amides is 1. The number of hydrogen-bond acceptors (Lipinski definition) is 4. The van der Waals surface area contributed by atoms with Crippen molar-refractivity contribution in [1.29, 1.82) is 0 Å². The fraction of sp³-hybridized carbons (Fsp3) is 0.500. The van der Waals surface area contributed by atoms with Crippen LogP contribution in [0.1, 0.15) is 54.6 Å². The lowest BCUT2D eigenvalue weighted by molar-refractivity contribution is 0.0932. The molecule has 1 saturated heterocycles. The van der Waals surface area contributed by atoms with E-state index in [0.29, 0.717) is 11.7 Å². The van der Waals surface area contributed by atoms with E-state index in [-0.39, 0.29) is 5.91 Å². The molecule has 0 spiro atoms. The SMILES string of the molecule is O=C(NC1CCCC1)c1cc(N2CCC(Cc3ccccc3)CC2)ncn1. The van der Waals surface area contributed by atoms with E-state index >= 15 is 0 Å². The molecule has 5 nitrogen and oxygen atoms in total. The standard InChI is InChI=1S/C22H28N4O/c27-22(25-19-8-4-5-9-19)20-15-21(24-16-23-20)26-12-10-18(11-13-26)14-17-6-2-1-3-7-17/h1-3,6-7,15-16,18-19H,4-5,8-14H2,(H,25,27). The Morgan fingerprint density at radius 1 is 1.04 bits per heavy atom. The molecule has 2 heterocycles. The number of carbonyl (C=O) groups excluding carboxylic acids is 1. The number of benzene rings is 1. The summed E-state index contributed by atoms with van der Waals surface area (Å²) in [6.07, 6.45) is 9.56. The van der Waals surface area contributed by atoms with Crippen molar-refractivity contribution in [3.63, 3.8) is 0 Å². The fourth-order valence-electron chi connectivity index (χ4n) is 4.29. The highest BCUT2D eigenvalue weighted by molar-refractivity contribution is 5.93. The Balaban J connectivity index is 1.33. The average Bonchev–Trinajstić information content (AvgIpc) is 3.22. The lowest BCUT2D eigenvalue weighted by Gasteiger charge is -2.33. The molecule has 1 aromatic heterocycles. The van der Waals surface area contributed by atoms with Crippen LogP contribution < -0.4 is 10.2 Å². The largest absolute Gasteiger partial charge is 0.356 e. The van der Waals surface area contributed by atoms with E-state index in [2.05, 4.69) is 50.5 Å². The van der Waals surface area contributed by atoms with Crippen LogP contribution >= 0.6 is 0 Å². The molecule has 0 radical (unpaired) electrons. The van der Waals surface area contributed by atoms with E-state index in [4.69, 9.17) is 0 Å². The molecule has 4 rings (SSSR count). The molecule has 1 aromatic carbocycles. The van der Waals surface area contributed by atoms with Gasteiger partial charge >= 0.3 is 0 Å². The molecular weight excluding hydrogens is 336 g/mol. The molecule has 5 heteroatoms. The Morgan fingerprint density at radius 2 is 1.78 bits per heavy atom. The highest BCUT2D eigenvalue weighted by atomic mass is 16.1. The number of piperidine rings is 1. The van der Waals surface area contributed by atoms with Crippen LogP contribution in [-0.2, 0) is 6.42 Å². The van der Waals surface area contributed by atoms with Gasteiger partial charge in [0.2, 0.25) is 0 Å². The molecule has 27 heavy (non-hydrogen) atoms. The van der Waals surface area contributed by atoms with Gasteiger partial charge in [0, 0.05) is 25.2 Å². The summed E-state index contributed by atoms with van der Waals surface area (Å²) in [5.74, 6) is 1.53. The van der Waals surface area contributed by atoms with Crippen LogP contribution in [0.15, 0.2) is 42.7 Å². The quantitative estimate of drug-likeness (QED) is 0.880. The molecule has 1 amide bonds.